The van der Waals surface area contributed by atoms with Crippen LogP contribution in [0.15, 0.2) is 79.0 Å². The van der Waals surface area contributed by atoms with Crippen molar-refractivity contribution in [1.82, 2.24) is 4.57 Å². The van der Waals surface area contributed by atoms with E-state index in [2.05, 4.69) is 16.8 Å². The minimum Gasteiger partial charge on any atom is -0.343 e. The van der Waals surface area contributed by atoms with E-state index in [9.17, 15) is 9.18 Å². The number of carbonyl (C=O) groups excluding carboxylic acids is 1. The van der Waals surface area contributed by atoms with Crippen LogP contribution in [-0.2, 0) is 11.3 Å². The van der Waals surface area contributed by atoms with Crippen molar-refractivity contribution >= 4 is 45.9 Å². The molecule has 0 radical (unpaired) electrons. The van der Waals surface area contributed by atoms with Crippen molar-refractivity contribution in [3.8, 4) is 0 Å². The Morgan fingerprint density at radius 1 is 1.00 bits per heavy atom. The number of anilines is 1. The predicted octanol–water partition coefficient (Wildman–Crippen LogP) is 6.26. The van der Waals surface area contributed by atoms with E-state index in [1.807, 2.05) is 41.3 Å². The third kappa shape index (κ3) is 3.38. The molecule has 3 aromatic carbocycles. The zero-order valence-electron chi connectivity index (χ0n) is 16.0. The molecule has 1 aromatic heterocycles. The fourth-order valence-corrected chi connectivity index (χ4v) is 5.27. The Labute approximate surface area is 183 Å². The van der Waals surface area contributed by atoms with E-state index >= 15 is 0 Å². The third-order valence-corrected chi connectivity index (χ3v) is 6.80. The van der Waals surface area contributed by atoms with Crippen LogP contribution in [0.1, 0.15) is 16.5 Å². The number of fused-ring (bicyclic) bond motifs is 1. The number of amides is 1. The fraction of sp³-hybridized carbons (Fsp3) is 0.125. The fourth-order valence-electron chi connectivity index (χ4n) is 3.95. The summed E-state index contributed by atoms with van der Waals surface area (Å²) in [4.78, 5) is 14.6. The van der Waals surface area contributed by atoms with Crippen molar-refractivity contribution in [2.75, 3.05) is 10.7 Å². The number of hydrogen-bond acceptors (Lipinski definition) is 2. The molecule has 1 atom stereocenters. The van der Waals surface area contributed by atoms with Crippen LogP contribution in [0.3, 0.4) is 0 Å². The number of carbonyl (C=O) groups is 1. The summed E-state index contributed by atoms with van der Waals surface area (Å²) in [5.41, 5.74) is 3.53. The molecule has 1 fully saturated rings. The standard InChI is InChI=1S/C24H18ClFN2OS/c25-17-9-11-18(12-10-17)28-23(29)15-30-24(28)20-14-27(22-8-4-2-6-19(20)22)13-16-5-1-3-7-21(16)26/h1-12,14,24H,13,15H2/t24-/m0/s1. The second kappa shape index (κ2) is 7.82. The summed E-state index contributed by atoms with van der Waals surface area (Å²) >= 11 is 7.64. The number of halogens is 2. The first-order valence-corrected chi connectivity index (χ1v) is 11.0. The van der Waals surface area contributed by atoms with Crippen LogP contribution >= 0.6 is 23.4 Å². The van der Waals surface area contributed by atoms with Gasteiger partial charge in [0.25, 0.3) is 0 Å². The average molecular weight is 437 g/mol. The number of thioether (sulfide) groups is 1. The van der Waals surface area contributed by atoms with Gasteiger partial charge in [-0.15, -0.1) is 11.8 Å². The molecule has 1 aliphatic heterocycles. The molecule has 0 unspecified atom stereocenters. The maximum atomic E-state index is 14.3. The topological polar surface area (TPSA) is 25.2 Å². The highest BCUT2D eigenvalue weighted by molar-refractivity contribution is 8.00. The molecule has 0 spiro atoms. The predicted molar refractivity (Wildman–Crippen MR) is 122 cm³/mol. The van der Waals surface area contributed by atoms with Gasteiger partial charge in [0.05, 0.1) is 12.3 Å². The van der Waals surface area contributed by atoms with Gasteiger partial charge in [0.2, 0.25) is 5.91 Å². The van der Waals surface area contributed by atoms with Gasteiger partial charge in [0, 0.05) is 38.9 Å². The van der Waals surface area contributed by atoms with E-state index in [0.717, 1.165) is 22.2 Å². The largest absolute Gasteiger partial charge is 0.343 e. The van der Waals surface area contributed by atoms with Gasteiger partial charge in [-0.05, 0) is 36.4 Å². The van der Waals surface area contributed by atoms with Crippen LogP contribution in [0.25, 0.3) is 10.9 Å². The number of benzene rings is 3. The first kappa shape index (κ1) is 19.2. The molecule has 0 aliphatic carbocycles. The second-order valence-corrected chi connectivity index (χ2v) is 8.73. The van der Waals surface area contributed by atoms with Gasteiger partial charge >= 0.3 is 0 Å². The number of para-hydroxylation sites is 1. The van der Waals surface area contributed by atoms with Crippen molar-refractivity contribution in [2.24, 2.45) is 0 Å². The van der Waals surface area contributed by atoms with Gasteiger partial charge in [0.15, 0.2) is 0 Å². The Morgan fingerprint density at radius 3 is 2.53 bits per heavy atom. The molecule has 0 saturated carbocycles. The maximum Gasteiger partial charge on any atom is 0.238 e. The highest BCUT2D eigenvalue weighted by Crippen LogP contribution is 2.44. The zero-order chi connectivity index (χ0) is 20.7. The lowest BCUT2D eigenvalue weighted by molar-refractivity contribution is -0.115. The monoisotopic (exact) mass is 436 g/mol. The molecule has 1 aliphatic rings. The summed E-state index contributed by atoms with van der Waals surface area (Å²) in [7, 11) is 0. The summed E-state index contributed by atoms with van der Waals surface area (Å²) in [5.74, 6) is 0.267. The minimum absolute atomic E-state index is 0.0678. The Bertz CT molecular complexity index is 1240. The number of aromatic nitrogens is 1. The van der Waals surface area contributed by atoms with E-state index in [1.54, 1.807) is 36.0 Å². The maximum absolute atomic E-state index is 14.3. The Morgan fingerprint density at radius 2 is 1.73 bits per heavy atom. The van der Waals surface area contributed by atoms with E-state index in [4.69, 9.17) is 11.6 Å². The van der Waals surface area contributed by atoms with Crippen LogP contribution in [0.5, 0.6) is 0 Å². The molecule has 150 valence electrons. The van der Waals surface area contributed by atoms with Crippen molar-refractivity contribution < 1.29 is 9.18 Å². The van der Waals surface area contributed by atoms with Crippen molar-refractivity contribution in [2.45, 2.75) is 11.9 Å². The van der Waals surface area contributed by atoms with Gasteiger partial charge in [-0.3, -0.25) is 9.69 Å². The first-order valence-electron chi connectivity index (χ1n) is 9.62. The average Bonchev–Trinajstić information content (AvgIpc) is 3.31. The second-order valence-electron chi connectivity index (χ2n) is 7.22. The van der Waals surface area contributed by atoms with Crippen LogP contribution in [-0.4, -0.2) is 16.2 Å². The summed E-state index contributed by atoms with van der Waals surface area (Å²) in [5, 5.41) is 1.56. The summed E-state index contributed by atoms with van der Waals surface area (Å²) in [6.07, 6.45) is 2.05. The van der Waals surface area contributed by atoms with Gasteiger partial charge in [-0.1, -0.05) is 48.0 Å². The smallest absolute Gasteiger partial charge is 0.238 e. The molecule has 4 aromatic rings. The molecule has 1 saturated heterocycles. The van der Waals surface area contributed by atoms with Gasteiger partial charge < -0.3 is 4.57 Å². The zero-order valence-corrected chi connectivity index (χ0v) is 17.5. The highest BCUT2D eigenvalue weighted by atomic mass is 35.5. The molecular weight excluding hydrogens is 419 g/mol. The minimum atomic E-state index is -0.218. The van der Waals surface area contributed by atoms with Crippen molar-refractivity contribution in [3.05, 3.63) is 101 Å². The van der Waals surface area contributed by atoms with Gasteiger partial charge in [0.1, 0.15) is 11.2 Å². The Kier molecular flexibility index (Phi) is 5.01. The third-order valence-electron chi connectivity index (χ3n) is 5.36. The van der Waals surface area contributed by atoms with Crippen LogP contribution in [0.4, 0.5) is 10.1 Å². The highest BCUT2D eigenvalue weighted by Gasteiger charge is 2.35. The molecule has 3 nitrogen and oxygen atoms in total. The van der Waals surface area contributed by atoms with Gasteiger partial charge in [-0.2, -0.15) is 0 Å². The molecule has 1 amide bonds. The number of hydrogen-bond donors (Lipinski definition) is 0. The molecule has 0 N–H and O–H groups in total. The van der Waals surface area contributed by atoms with E-state index in [1.165, 1.54) is 6.07 Å². The first-order chi connectivity index (χ1) is 14.6. The molecular formula is C24H18ClFN2OS. The number of rotatable bonds is 4. The van der Waals surface area contributed by atoms with Gasteiger partial charge in [-0.25, -0.2) is 4.39 Å². The van der Waals surface area contributed by atoms with Crippen molar-refractivity contribution in [3.63, 3.8) is 0 Å². The summed E-state index contributed by atoms with van der Waals surface area (Å²) < 4.78 is 16.3. The van der Waals surface area contributed by atoms with E-state index in [-0.39, 0.29) is 17.1 Å². The molecule has 5 rings (SSSR count). The van der Waals surface area contributed by atoms with Crippen molar-refractivity contribution in [1.29, 1.82) is 0 Å². The Hall–Kier alpha value is -2.76. The Balaban J connectivity index is 1.59. The van der Waals surface area contributed by atoms with Crippen LogP contribution < -0.4 is 4.90 Å². The SMILES string of the molecule is O=C1CS[C@@H](c2cn(Cc3ccccc3F)c3ccccc23)N1c1ccc(Cl)cc1. The summed E-state index contributed by atoms with van der Waals surface area (Å²) in [6.45, 7) is 0.430. The van der Waals surface area contributed by atoms with E-state index in [0.29, 0.717) is 22.9 Å². The molecule has 30 heavy (non-hydrogen) atoms. The van der Waals surface area contributed by atoms with E-state index < -0.39 is 0 Å². The molecule has 0 bridgehead atoms. The van der Waals surface area contributed by atoms with Crippen LogP contribution in [0, 0.1) is 5.82 Å². The van der Waals surface area contributed by atoms with Crippen LogP contribution in [0.2, 0.25) is 5.02 Å². The molecule has 2 heterocycles. The normalized spacial score (nSPS) is 16.5. The lowest BCUT2D eigenvalue weighted by Crippen LogP contribution is -2.27. The lowest BCUT2D eigenvalue weighted by atomic mass is 10.1. The lowest BCUT2D eigenvalue weighted by Gasteiger charge is -2.24. The molecule has 6 heteroatoms. The number of nitrogens with zero attached hydrogens (tertiary/aromatic N) is 2. The quantitative estimate of drug-likeness (QED) is 0.377. The summed E-state index contributed by atoms with van der Waals surface area (Å²) in [6, 6.07) is 22.2.